The molecule has 0 saturated carbocycles. The van der Waals surface area contributed by atoms with Crippen molar-refractivity contribution in [2.24, 2.45) is 5.92 Å². The Morgan fingerprint density at radius 2 is 2.13 bits per heavy atom. The normalized spacial score (nSPS) is 26.6. The van der Waals surface area contributed by atoms with Gasteiger partial charge in [0.05, 0.1) is 0 Å². The van der Waals surface area contributed by atoms with Crippen LogP contribution in [-0.2, 0) is 0 Å². The number of rotatable bonds is 1. The number of halogens is 2. The molecule has 82 valence electrons. The first-order valence-corrected chi connectivity index (χ1v) is 5.72. The van der Waals surface area contributed by atoms with E-state index in [4.69, 9.17) is 11.6 Å². The number of nitrogens with one attached hydrogen (secondary N) is 1. The van der Waals surface area contributed by atoms with Gasteiger partial charge in [-0.3, -0.25) is 0 Å². The van der Waals surface area contributed by atoms with Gasteiger partial charge in [-0.1, -0.05) is 18.5 Å². The third kappa shape index (κ3) is 2.70. The molecule has 0 bridgehead atoms. The van der Waals surface area contributed by atoms with Gasteiger partial charge < -0.3 is 5.32 Å². The lowest BCUT2D eigenvalue weighted by molar-refractivity contribution is 0.332. The van der Waals surface area contributed by atoms with Gasteiger partial charge in [-0.25, -0.2) is 4.39 Å². The summed E-state index contributed by atoms with van der Waals surface area (Å²) in [5.41, 5.74) is 0.965. The number of hydrogen-bond acceptors (Lipinski definition) is 1. The molecule has 0 radical (unpaired) electrons. The predicted octanol–water partition coefficient (Wildman–Crippen LogP) is 3.54. The standard InChI is InChI=1S/C12H15ClFN/c1-8-2-3-12(15-7-8)9-4-10(13)6-11(14)5-9/h4-6,8,12,15H,2-3,7H2,1H3/t8-,12+/m0/s1. The molecule has 1 fully saturated rings. The Bertz CT molecular complexity index is 325. The van der Waals surface area contributed by atoms with E-state index in [1.807, 2.05) is 6.07 Å². The first-order chi connectivity index (χ1) is 7.15. The van der Waals surface area contributed by atoms with Gasteiger partial charge in [0.15, 0.2) is 0 Å². The molecule has 2 atom stereocenters. The van der Waals surface area contributed by atoms with E-state index in [0.29, 0.717) is 10.9 Å². The van der Waals surface area contributed by atoms with E-state index >= 15 is 0 Å². The van der Waals surface area contributed by atoms with Crippen molar-refractivity contribution in [2.75, 3.05) is 6.54 Å². The van der Waals surface area contributed by atoms with Crippen molar-refractivity contribution in [3.63, 3.8) is 0 Å². The molecule has 0 aliphatic carbocycles. The molecule has 15 heavy (non-hydrogen) atoms. The summed E-state index contributed by atoms with van der Waals surface area (Å²) in [6.07, 6.45) is 2.24. The van der Waals surface area contributed by atoms with Crippen LogP contribution in [0.5, 0.6) is 0 Å². The highest BCUT2D eigenvalue weighted by Crippen LogP contribution is 2.27. The fraction of sp³-hybridized carbons (Fsp3) is 0.500. The fourth-order valence-electron chi connectivity index (χ4n) is 2.06. The van der Waals surface area contributed by atoms with Crippen molar-refractivity contribution in [1.29, 1.82) is 0 Å². The Morgan fingerprint density at radius 3 is 2.73 bits per heavy atom. The summed E-state index contributed by atoms with van der Waals surface area (Å²) in [5, 5.41) is 3.89. The number of benzene rings is 1. The van der Waals surface area contributed by atoms with E-state index in [9.17, 15) is 4.39 Å². The van der Waals surface area contributed by atoms with Gasteiger partial charge in [0.2, 0.25) is 0 Å². The van der Waals surface area contributed by atoms with Crippen LogP contribution in [0.4, 0.5) is 4.39 Å². The fourth-order valence-corrected chi connectivity index (χ4v) is 2.29. The van der Waals surface area contributed by atoms with Crippen LogP contribution in [0.2, 0.25) is 5.02 Å². The summed E-state index contributed by atoms with van der Waals surface area (Å²) in [7, 11) is 0. The third-order valence-corrected chi connectivity index (χ3v) is 3.17. The van der Waals surface area contributed by atoms with Crippen LogP contribution in [0.1, 0.15) is 31.4 Å². The van der Waals surface area contributed by atoms with Crippen LogP contribution in [0.25, 0.3) is 0 Å². The molecule has 1 aliphatic rings. The smallest absolute Gasteiger partial charge is 0.125 e. The molecule has 2 rings (SSSR count). The molecular formula is C12H15ClFN. The largest absolute Gasteiger partial charge is 0.310 e. The molecule has 0 spiro atoms. The second kappa shape index (κ2) is 4.50. The molecule has 1 nitrogen and oxygen atoms in total. The number of hydrogen-bond donors (Lipinski definition) is 1. The van der Waals surface area contributed by atoms with Crippen LogP contribution in [0.3, 0.4) is 0 Å². The Kier molecular flexibility index (Phi) is 3.27. The molecule has 1 aliphatic heterocycles. The summed E-state index contributed by atoms with van der Waals surface area (Å²) in [4.78, 5) is 0. The van der Waals surface area contributed by atoms with Gasteiger partial charge >= 0.3 is 0 Å². The lowest BCUT2D eigenvalue weighted by atomic mass is 9.92. The van der Waals surface area contributed by atoms with Gasteiger partial charge in [-0.2, -0.15) is 0 Å². The number of piperidine rings is 1. The zero-order chi connectivity index (χ0) is 10.8. The van der Waals surface area contributed by atoms with Crippen molar-refractivity contribution < 1.29 is 4.39 Å². The van der Waals surface area contributed by atoms with Gasteiger partial charge in [-0.05, 0) is 49.1 Å². The maximum Gasteiger partial charge on any atom is 0.125 e. The molecule has 0 unspecified atom stereocenters. The summed E-state index contributed by atoms with van der Waals surface area (Å²) in [5.74, 6) is 0.461. The lowest BCUT2D eigenvalue weighted by Gasteiger charge is -2.28. The minimum absolute atomic E-state index is 0.252. The van der Waals surface area contributed by atoms with Crippen molar-refractivity contribution in [3.8, 4) is 0 Å². The van der Waals surface area contributed by atoms with Gasteiger partial charge in [0.25, 0.3) is 0 Å². The van der Waals surface area contributed by atoms with Gasteiger partial charge in [-0.15, -0.1) is 0 Å². The Labute approximate surface area is 94.6 Å². The van der Waals surface area contributed by atoms with E-state index in [0.717, 1.165) is 18.5 Å². The predicted molar refractivity (Wildman–Crippen MR) is 60.6 cm³/mol. The maximum absolute atomic E-state index is 13.1. The Morgan fingerprint density at radius 1 is 1.33 bits per heavy atom. The highest BCUT2D eigenvalue weighted by Gasteiger charge is 2.19. The molecule has 1 aromatic rings. The van der Waals surface area contributed by atoms with E-state index in [1.165, 1.54) is 12.5 Å². The minimum atomic E-state index is -0.252. The SMILES string of the molecule is C[C@H]1CC[C@H](c2cc(F)cc(Cl)c2)NC1. The second-order valence-electron chi connectivity index (χ2n) is 4.35. The molecule has 1 aromatic carbocycles. The molecule has 3 heteroatoms. The Balaban J connectivity index is 2.15. The topological polar surface area (TPSA) is 12.0 Å². The highest BCUT2D eigenvalue weighted by atomic mass is 35.5. The minimum Gasteiger partial charge on any atom is -0.310 e. The van der Waals surface area contributed by atoms with Crippen LogP contribution in [-0.4, -0.2) is 6.54 Å². The lowest BCUT2D eigenvalue weighted by Crippen LogP contribution is -2.31. The van der Waals surface area contributed by atoms with Crippen molar-refractivity contribution in [2.45, 2.75) is 25.8 Å². The third-order valence-electron chi connectivity index (χ3n) is 2.95. The van der Waals surface area contributed by atoms with E-state index < -0.39 is 0 Å². The van der Waals surface area contributed by atoms with Gasteiger partial charge in [0, 0.05) is 11.1 Å². The second-order valence-corrected chi connectivity index (χ2v) is 4.78. The highest BCUT2D eigenvalue weighted by molar-refractivity contribution is 6.30. The van der Waals surface area contributed by atoms with Crippen LogP contribution in [0, 0.1) is 11.7 Å². The summed E-state index contributed by atoms with van der Waals surface area (Å²) in [6, 6.07) is 5.02. The monoisotopic (exact) mass is 227 g/mol. The van der Waals surface area contributed by atoms with Gasteiger partial charge in [0.1, 0.15) is 5.82 Å². The summed E-state index contributed by atoms with van der Waals surface area (Å²) in [6.45, 7) is 3.22. The molecule has 1 saturated heterocycles. The van der Waals surface area contributed by atoms with E-state index in [2.05, 4.69) is 12.2 Å². The van der Waals surface area contributed by atoms with Crippen LogP contribution < -0.4 is 5.32 Å². The van der Waals surface area contributed by atoms with Crippen molar-refractivity contribution in [3.05, 3.63) is 34.6 Å². The van der Waals surface area contributed by atoms with E-state index in [1.54, 1.807) is 6.07 Å². The van der Waals surface area contributed by atoms with E-state index in [-0.39, 0.29) is 11.9 Å². The zero-order valence-corrected chi connectivity index (χ0v) is 9.52. The maximum atomic E-state index is 13.1. The average Bonchev–Trinajstić information content (AvgIpc) is 2.17. The first-order valence-electron chi connectivity index (χ1n) is 5.34. The summed E-state index contributed by atoms with van der Waals surface area (Å²) < 4.78 is 13.1. The summed E-state index contributed by atoms with van der Waals surface area (Å²) >= 11 is 5.83. The molecule has 1 heterocycles. The van der Waals surface area contributed by atoms with Crippen molar-refractivity contribution in [1.82, 2.24) is 5.32 Å². The Hall–Kier alpha value is -0.600. The average molecular weight is 228 g/mol. The molecule has 1 N–H and O–H groups in total. The molecule has 0 aromatic heterocycles. The quantitative estimate of drug-likeness (QED) is 0.774. The van der Waals surface area contributed by atoms with Crippen molar-refractivity contribution >= 4 is 11.6 Å². The van der Waals surface area contributed by atoms with Crippen LogP contribution >= 0.6 is 11.6 Å². The first kappa shape index (κ1) is 10.9. The van der Waals surface area contributed by atoms with Crippen LogP contribution in [0.15, 0.2) is 18.2 Å². The molecule has 0 amide bonds. The zero-order valence-electron chi connectivity index (χ0n) is 8.76. The molecular weight excluding hydrogens is 213 g/mol.